The molecule has 0 unspecified atom stereocenters. The van der Waals surface area contributed by atoms with Crippen molar-refractivity contribution in [2.45, 2.75) is 6.92 Å². The Morgan fingerprint density at radius 1 is 1.60 bits per heavy atom. The van der Waals surface area contributed by atoms with E-state index >= 15 is 0 Å². The SMILES string of the molecule is Cc1nc2ncc(C(=O)O)c(=O)n2[nH]1.O. The number of fused-ring (bicyclic) bond motifs is 1. The van der Waals surface area contributed by atoms with Crippen molar-refractivity contribution in [3.63, 3.8) is 0 Å². The van der Waals surface area contributed by atoms with Crippen LogP contribution in [0.4, 0.5) is 0 Å². The number of nitrogens with one attached hydrogen (secondary N) is 1. The van der Waals surface area contributed by atoms with Gasteiger partial charge < -0.3 is 10.6 Å². The molecule has 0 bridgehead atoms. The molecule has 15 heavy (non-hydrogen) atoms. The van der Waals surface area contributed by atoms with Crippen LogP contribution in [0.25, 0.3) is 5.78 Å². The molecule has 8 heteroatoms. The second-order valence-corrected chi connectivity index (χ2v) is 2.73. The van der Waals surface area contributed by atoms with Gasteiger partial charge in [-0.25, -0.2) is 9.78 Å². The number of hydrogen-bond acceptors (Lipinski definition) is 4. The molecule has 0 radical (unpaired) electrons. The average molecular weight is 212 g/mol. The van der Waals surface area contributed by atoms with Gasteiger partial charge in [-0.2, -0.15) is 9.50 Å². The highest BCUT2D eigenvalue weighted by Crippen LogP contribution is 1.95. The number of aromatic amines is 1. The highest BCUT2D eigenvalue weighted by atomic mass is 16.4. The van der Waals surface area contributed by atoms with Crippen LogP contribution in [-0.2, 0) is 0 Å². The molecule has 2 heterocycles. The Morgan fingerprint density at radius 2 is 2.27 bits per heavy atom. The van der Waals surface area contributed by atoms with Crippen LogP contribution in [0.2, 0.25) is 0 Å². The van der Waals surface area contributed by atoms with Crippen LogP contribution in [0.3, 0.4) is 0 Å². The van der Waals surface area contributed by atoms with Crippen molar-refractivity contribution in [1.82, 2.24) is 19.6 Å². The van der Waals surface area contributed by atoms with Gasteiger partial charge >= 0.3 is 5.97 Å². The lowest BCUT2D eigenvalue weighted by atomic mass is 10.3. The van der Waals surface area contributed by atoms with E-state index in [2.05, 4.69) is 15.1 Å². The molecule has 0 aliphatic heterocycles. The first-order valence-corrected chi connectivity index (χ1v) is 3.77. The lowest BCUT2D eigenvalue weighted by Gasteiger charge is -1.92. The largest absolute Gasteiger partial charge is 0.477 e. The molecule has 0 saturated carbocycles. The van der Waals surface area contributed by atoms with E-state index in [0.717, 1.165) is 10.7 Å². The van der Waals surface area contributed by atoms with Crippen molar-refractivity contribution in [2.24, 2.45) is 0 Å². The number of aryl methyl sites for hydroxylation is 1. The van der Waals surface area contributed by atoms with Crippen LogP contribution in [-0.4, -0.2) is 36.1 Å². The number of carbonyl (C=O) groups is 1. The fourth-order valence-electron chi connectivity index (χ4n) is 1.11. The van der Waals surface area contributed by atoms with Crippen LogP contribution in [0.5, 0.6) is 0 Å². The number of carboxylic acid groups (broad SMARTS) is 1. The Balaban J connectivity index is 0.00000112. The van der Waals surface area contributed by atoms with Gasteiger partial charge in [0.2, 0.25) is 0 Å². The van der Waals surface area contributed by atoms with E-state index < -0.39 is 11.5 Å². The van der Waals surface area contributed by atoms with Gasteiger partial charge in [0.25, 0.3) is 11.3 Å². The zero-order valence-electron chi connectivity index (χ0n) is 7.68. The predicted octanol–water partition coefficient (Wildman–Crippen LogP) is -1.40. The molecule has 0 amide bonds. The Hall–Kier alpha value is -2.22. The molecule has 0 spiro atoms. The molecule has 0 fully saturated rings. The van der Waals surface area contributed by atoms with Gasteiger partial charge in [0.05, 0.1) is 6.20 Å². The van der Waals surface area contributed by atoms with Crippen LogP contribution in [0.15, 0.2) is 11.0 Å². The van der Waals surface area contributed by atoms with Gasteiger partial charge in [0.1, 0.15) is 11.4 Å². The van der Waals surface area contributed by atoms with Gasteiger partial charge in [-0.3, -0.25) is 9.89 Å². The fraction of sp³-hybridized carbons (Fsp3) is 0.143. The van der Waals surface area contributed by atoms with E-state index in [1.807, 2.05) is 0 Å². The number of carboxylic acids is 1. The summed E-state index contributed by atoms with van der Waals surface area (Å²) in [4.78, 5) is 29.6. The van der Waals surface area contributed by atoms with Gasteiger partial charge in [0.15, 0.2) is 0 Å². The Labute approximate surface area is 82.5 Å². The zero-order chi connectivity index (χ0) is 10.3. The predicted molar refractivity (Wildman–Crippen MR) is 48.9 cm³/mol. The zero-order valence-corrected chi connectivity index (χ0v) is 7.68. The third kappa shape index (κ3) is 1.57. The third-order valence-electron chi connectivity index (χ3n) is 1.71. The van der Waals surface area contributed by atoms with E-state index in [4.69, 9.17) is 5.11 Å². The summed E-state index contributed by atoms with van der Waals surface area (Å²) in [7, 11) is 0. The lowest BCUT2D eigenvalue weighted by molar-refractivity contribution is 0.0694. The number of aromatic nitrogens is 4. The number of nitrogens with zero attached hydrogens (tertiary/aromatic N) is 3. The molecule has 0 atom stereocenters. The Bertz CT molecular complexity index is 570. The van der Waals surface area contributed by atoms with E-state index in [9.17, 15) is 9.59 Å². The van der Waals surface area contributed by atoms with Crippen molar-refractivity contribution < 1.29 is 15.4 Å². The van der Waals surface area contributed by atoms with Crippen LogP contribution in [0, 0.1) is 6.92 Å². The van der Waals surface area contributed by atoms with Crippen molar-refractivity contribution in [2.75, 3.05) is 0 Å². The number of aromatic carboxylic acids is 1. The molecule has 4 N–H and O–H groups in total. The lowest BCUT2D eigenvalue weighted by Crippen LogP contribution is -2.23. The highest BCUT2D eigenvalue weighted by molar-refractivity contribution is 5.86. The molecule has 80 valence electrons. The maximum atomic E-state index is 11.5. The second-order valence-electron chi connectivity index (χ2n) is 2.73. The molecule has 2 rings (SSSR count). The first-order chi connectivity index (χ1) is 6.59. The summed E-state index contributed by atoms with van der Waals surface area (Å²) < 4.78 is 0.999. The van der Waals surface area contributed by atoms with E-state index in [1.165, 1.54) is 0 Å². The molecule has 0 aliphatic rings. The van der Waals surface area contributed by atoms with E-state index in [0.29, 0.717) is 5.82 Å². The maximum Gasteiger partial charge on any atom is 0.343 e. The highest BCUT2D eigenvalue weighted by Gasteiger charge is 2.12. The third-order valence-corrected chi connectivity index (χ3v) is 1.71. The number of H-pyrrole nitrogens is 1. The van der Waals surface area contributed by atoms with Gasteiger partial charge in [-0.05, 0) is 6.92 Å². The normalized spacial score (nSPS) is 9.93. The van der Waals surface area contributed by atoms with Crippen molar-refractivity contribution >= 4 is 11.7 Å². The van der Waals surface area contributed by atoms with Gasteiger partial charge in [-0.1, -0.05) is 0 Å². The molecule has 0 aromatic carbocycles. The standard InChI is InChI=1S/C7H6N4O3.H2O/c1-3-9-7-8-2-4(6(13)14)5(12)11(7)10-3;/h2H,1H3,(H,13,14)(H,8,9,10);1H2. The van der Waals surface area contributed by atoms with Crippen molar-refractivity contribution in [3.05, 3.63) is 27.9 Å². The Kier molecular flexibility index (Phi) is 2.53. The topological polar surface area (TPSA) is 132 Å². The van der Waals surface area contributed by atoms with Crippen molar-refractivity contribution in [3.8, 4) is 0 Å². The van der Waals surface area contributed by atoms with Crippen LogP contribution >= 0.6 is 0 Å². The minimum atomic E-state index is -1.30. The summed E-state index contributed by atoms with van der Waals surface area (Å²) in [5.74, 6) is -0.640. The van der Waals surface area contributed by atoms with Crippen LogP contribution < -0.4 is 5.56 Å². The second kappa shape index (κ2) is 3.50. The molecular formula is C7H8N4O4. The Morgan fingerprint density at radius 3 is 2.87 bits per heavy atom. The first-order valence-electron chi connectivity index (χ1n) is 3.77. The summed E-state index contributed by atoms with van der Waals surface area (Å²) in [6, 6.07) is 0. The summed E-state index contributed by atoms with van der Waals surface area (Å²) >= 11 is 0. The minimum absolute atomic E-state index is 0. The summed E-state index contributed by atoms with van der Waals surface area (Å²) in [5.41, 5.74) is -1.05. The fourth-order valence-corrected chi connectivity index (χ4v) is 1.11. The average Bonchev–Trinajstić information content (AvgIpc) is 2.46. The number of hydrogen-bond donors (Lipinski definition) is 2. The quantitative estimate of drug-likeness (QED) is 0.599. The van der Waals surface area contributed by atoms with Crippen molar-refractivity contribution in [1.29, 1.82) is 0 Å². The smallest absolute Gasteiger partial charge is 0.343 e. The van der Waals surface area contributed by atoms with E-state index in [-0.39, 0.29) is 16.8 Å². The monoisotopic (exact) mass is 212 g/mol. The summed E-state index contributed by atoms with van der Waals surface area (Å²) in [5, 5.41) is 11.2. The molecule has 0 saturated heterocycles. The molecule has 2 aromatic rings. The van der Waals surface area contributed by atoms with Gasteiger partial charge in [0, 0.05) is 0 Å². The minimum Gasteiger partial charge on any atom is -0.477 e. The van der Waals surface area contributed by atoms with Gasteiger partial charge in [-0.15, -0.1) is 0 Å². The maximum absolute atomic E-state index is 11.5. The molecule has 0 aliphatic carbocycles. The van der Waals surface area contributed by atoms with Crippen LogP contribution in [0.1, 0.15) is 16.2 Å². The summed E-state index contributed by atoms with van der Waals surface area (Å²) in [6.07, 6.45) is 1.00. The first kappa shape index (κ1) is 10.9. The van der Waals surface area contributed by atoms with E-state index in [1.54, 1.807) is 6.92 Å². The summed E-state index contributed by atoms with van der Waals surface area (Å²) in [6.45, 7) is 1.65. The number of rotatable bonds is 1. The molecule has 8 nitrogen and oxygen atoms in total. The molecule has 2 aromatic heterocycles. The molecular weight excluding hydrogens is 204 g/mol.